The molecule has 0 saturated heterocycles. The summed E-state index contributed by atoms with van der Waals surface area (Å²) in [5.41, 5.74) is -0.435. The molecular weight excluding hydrogens is 278 g/mol. The molecule has 1 aromatic heterocycles. The third-order valence-electron chi connectivity index (χ3n) is 2.61. The average Bonchev–Trinajstić information content (AvgIpc) is 2.52. The van der Waals surface area contributed by atoms with Gasteiger partial charge in [-0.1, -0.05) is 0 Å². The summed E-state index contributed by atoms with van der Waals surface area (Å²) < 4.78 is 10.5. The fraction of sp³-hybridized carbons (Fsp3) is 0.154. The monoisotopic (exact) mass is 289 g/mol. The van der Waals surface area contributed by atoms with E-state index in [9.17, 15) is 14.9 Å². The second-order valence-corrected chi connectivity index (χ2v) is 3.89. The number of nitro groups is 1. The van der Waals surface area contributed by atoms with Gasteiger partial charge < -0.3 is 9.47 Å². The lowest BCUT2D eigenvalue weighted by Gasteiger charge is -2.10. The van der Waals surface area contributed by atoms with E-state index >= 15 is 0 Å². The fourth-order valence-corrected chi connectivity index (χ4v) is 1.64. The molecule has 0 aliphatic heterocycles. The molecule has 0 atom stereocenters. The van der Waals surface area contributed by atoms with Crippen LogP contribution in [0.1, 0.15) is 16.2 Å². The largest absolute Gasteiger partial charge is 0.493 e. The summed E-state index contributed by atoms with van der Waals surface area (Å²) in [6, 6.07) is 4.06. The molecule has 8 heteroatoms. The predicted octanol–water partition coefficient (Wildman–Crippen LogP) is 1.78. The maximum absolute atomic E-state index is 10.9. The standard InChI is InChI=1S/C13H11N3O5/c1-20-11-5-9(7-17)10(16(18)19)6-12(11)21-8-13-14-3-2-4-15-13/h2-7H,8H2,1H3. The Kier molecular flexibility index (Phi) is 4.39. The molecule has 8 nitrogen and oxygen atoms in total. The Bertz CT molecular complexity index is 660. The van der Waals surface area contributed by atoms with Gasteiger partial charge in [0.25, 0.3) is 5.69 Å². The molecule has 0 aliphatic carbocycles. The zero-order valence-electron chi connectivity index (χ0n) is 11.1. The zero-order chi connectivity index (χ0) is 15.2. The molecule has 0 unspecified atom stereocenters. The Labute approximate surface area is 119 Å². The predicted molar refractivity (Wildman–Crippen MR) is 71.4 cm³/mol. The van der Waals surface area contributed by atoms with Crippen molar-refractivity contribution in [3.05, 3.63) is 52.1 Å². The summed E-state index contributed by atoms with van der Waals surface area (Å²) in [6.45, 7) is 0.0226. The first kappa shape index (κ1) is 14.4. The maximum atomic E-state index is 10.9. The van der Waals surface area contributed by atoms with Crippen molar-refractivity contribution in [1.29, 1.82) is 0 Å². The van der Waals surface area contributed by atoms with Crippen molar-refractivity contribution < 1.29 is 19.2 Å². The van der Waals surface area contributed by atoms with Gasteiger partial charge in [-0.15, -0.1) is 0 Å². The minimum Gasteiger partial charge on any atom is -0.493 e. The number of methoxy groups -OCH3 is 1. The molecule has 0 bridgehead atoms. The normalized spacial score (nSPS) is 9.95. The third-order valence-corrected chi connectivity index (χ3v) is 2.61. The highest BCUT2D eigenvalue weighted by Crippen LogP contribution is 2.34. The van der Waals surface area contributed by atoms with Crippen LogP contribution < -0.4 is 9.47 Å². The van der Waals surface area contributed by atoms with Crippen molar-refractivity contribution >= 4 is 12.0 Å². The first-order chi connectivity index (χ1) is 10.2. The molecule has 0 spiro atoms. The van der Waals surface area contributed by atoms with E-state index in [1.165, 1.54) is 13.2 Å². The number of carbonyl (C=O) groups excluding carboxylic acids is 1. The van der Waals surface area contributed by atoms with Crippen molar-refractivity contribution in [3.63, 3.8) is 0 Å². The summed E-state index contributed by atoms with van der Waals surface area (Å²) >= 11 is 0. The topological polar surface area (TPSA) is 104 Å². The van der Waals surface area contributed by atoms with Crippen LogP contribution in [0, 0.1) is 10.1 Å². The number of hydrogen-bond acceptors (Lipinski definition) is 7. The van der Waals surface area contributed by atoms with Crippen molar-refractivity contribution in [1.82, 2.24) is 9.97 Å². The van der Waals surface area contributed by atoms with Gasteiger partial charge in [0.15, 0.2) is 23.6 Å². The van der Waals surface area contributed by atoms with E-state index in [4.69, 9.17) is 9.47 Å². The van der Waals surface area contributed by atoms with E-state index in [1.807, 2.05) is 0 Å². The molecule has 0 aliphatic rings. The van der Waals surface area contributed by atoms with Gasteiger partial charge in [-0.3, -0.25) is 14.9 Å². The molecule has 0 radical (unpaired) electrons. The molecule has 2 aromatic rings. The molecule has 108 valence electrons. The molecule has 0 N–H and O–H groups in total. The SMILES string of the molecule is COc1cc(C=O)c([N+](=O)[O-])cc1OCc1ncccn1. The lowest BCUT2D eigenvalue weighted by Crippen LogP contribution is -2.03. The zero-order valence-corrected chi connectivity index (χ0v) is 11.1. The number of nitrogens with zero attached hydrogens (tertiary/aromatic N) is 3. The number of nitro benzene ring substituents is 1. The van der Waals surface area contributed by atoms with Crippen molar-refractivity contribution in [2.24, 2.45) is 0 Å². The molecule has 1 heterocycles. The van der Waals surface area contributed by atoms with Crippen LogP contribution in [0.5, 0.6) is 11.5 Å². The summed E-state index contributed by atoms with van der Waals surface area (Å²) in [7, 11) is 1.38. The number of benzene rings is 1. The lowest BCUT2D eigenvalue weighted by molar-refractivity contribution is -0.385. The van der Waals surface area contributed by atoms with Gasteiger partial charge in [-0.2, -0.15) is 0 Å². The van der Waals surface area contributed by atoms with Gasteiger partial charge in [-0.25, -0.2) is 9.97 Å². The van der Waals surface area contributed by atoms with Gasteiger partial charge in [0.2, 0.25) is 0 Å². The highest BCUT2D eigenvalue weighted by atomic mass is 16.6. The van der Waals surface area contributed by atoms with Crippen molar-refractivity contribution in [2.75, 3.05) is 7.11 Å². The molecular formula is C13H11N3O5. The van der Waals surface area contributed by atoms with Crippen LogP contribution in [0.3, 0.4) is 0 Å². The minimum atomic E-state index is -0.658. The summed E-state index contributed by atoms with van der Waals surface area (Å²) in [5, 5.41) is 10.9. The number of carbonyl (C=O) groups is 1. The number of aldehydes is 1. The van der Waals surface area contributed by atoms with E-state index in [0.717, 1.165) is 6.07 Å². The van der Waals surface area contributed by atoms with E-state index in [0.29, 0.717) is 12.1 Å². The average molecular weight is 289 g/mol. The van der Waals surface area contributed by atoms with Crippen LogP contribution in [0.15, 0.2) is 30.6 Å². The number of aromatic nitrogens is 2. The Morgan fingerprint density at radius 2 is 2.00 bits per heavy atom. The van der Waals surface area contributed by atoms with Crippen LogP contribution in [-0.2, 0) is 6.61 Å². The number of hydrogen-bond donors (Lipinski definition) is 0. The second-order valence-electron chi connectivity index (χ2n) is 3.89. The summed E-state index contributed by atoms with van der Waals surface area (Å²) in [5.74, 6) is 0.780. The highest BCUT2D eigenvalue weighted by molar-refractivity contribution is 5.83. The van der Waals surface area contributed by atoms with Gasteiger partial charge in [0.05, 0.1) is 23.7 Å². The third kappa shape index (κ3) is 3.30. The Hall–Kier alpha value is -3.03. The lowest BCUT2D eigenvalue weighted by atomic mass is 10.1. The highest BCUT2D eigenvalue weighted by Gasteiger charge is 2.19. The van der Waals surface area contributed by atoms with Crippen LogP contribution in [0.25, 0.3) is 0 Å². The molecule has 0 amide bonds. The molecule has 21 heavy (non-hydrogen) atoms. The van der Waals surface area contributed by atoms with Crippen LogP contribution in [0.2, 0.25) is 0 Å². The molecule has 2 rings (SSSR count). The van der Waals surface area contributed by atoms with E-state index < -0.39 is 4.92 Å². The Balaban J connectivity index is 2.31. The van der Waals surface area contributed by atoms with Crippen molar-refractivity contribution in [2.45, 2.75) is 6.61 Å². The van der Waals surface area contributed by atoms with E-state index in [-0.39, 0.29) is 29.4 Å². The molecule has 0 fully saturated rings. The fourth-order valence-electron chi connectivity index (χ4n) is 1.64. The Morgan fingerprint density at radius 1 is 1.29 bits per heavy atom. The number of rotatable bonds is 6. The quantitative estimate of drug-likeness (QED) is 0.453. The molecule has 0 saturated carbocycles. The maximum Gasteiger partial charge on any atom is 0.283 e. The molecule has 1 aromatic carbocycles. The van der Waals surface area contributed by atoms with Crippen LogP contribution >= 0.6 is 0 Å². The van der Waals surface area contributed by atoms with Gasteiger partial charge >= 0.3 is 0 Å². The first-order valence-corrected chi connectivity index (χ1v) is 5.86. The minimum absolute atomic E-state index is 0.0226. The number of ether oxygens (including phenoxy) is 2. The van der Waals surface area contributed by atoms with Gasteiger partial charge in [0, 0.05) is 18.5 Å². The van der Waals surface area contributed by atoms with Gasteiger partial charge in [-0.05, 0) is 6.07 Å². The summed E-state index contributed by atoms with van der Waals surface area (Å²) in [4.78, 5) is 29.1. The Morgan fingerprint density at radius 3 is 2.57 bits per heavy atom. The summed E-state index contributed by atoms with van der Waals surface area (Å²) in [6.07, 6.45) is 3.51. The second kappa shape index (κ2) is 6.42. The first-order valence-electron chi connectivity index (χ1n) is 5.86. The smallest absolute Gasteiger partial charge is 0.283 e. The van der Waals surface area contributed by atoms with Crippen LogP contribution in [-0.4, -0.2) is 28.3 Å². The van der Waals surface area contributed by atoms with Crippen molar-refractivity contribution in [3.8, 4) is 11.5 Å². The van der Waals surface area contributed by atoms with E-state index in [2.05, 4.69) is 9.97 Å². The van der Waals surface area contributed by atoms with E-state index in [1.54, 1.807) is 18.5 Å². The van der Waals surface area contributed by atoms with Gasteiger partial charge in [0.1, 0.15) is 6.61 Å². The van der Waals surface area contributed by atoms with Crippen LogP contribution in [0.4, 0.5) is 5.69 Å².